The first-order valence-electron chi connectivity index (χ1n) is 9.17. The number of carbonyl (C=O) groups excluding carboxylic acids is 2. The molecule has 2 aromatic carbocycles. The van der Waals surface area contributed by atoms with Crippen molar-refractivity contribution < 1.29 is 14.3 Å². The first-order valence-corrected chi connectivity index (χ1v) is 10.1. The molecule has 1 amide bonds. The maximum Gasteiger partial charge on any atom is 0.358 e. The van der Waals surface area contributed by atoms with Gasteiger partial charge in [0.1, 0.15) is 5.01 Å². The Hall–Kier alpha value is -2.99. The number of esters is 1. The summed E-state index contributed by atoms with van der Waals surface area (Å²) in [6.45, 7) is 3.61. The maximum atomic E-state index is 12.9. The van der Waals surface area contributed by atoms with Crippen LogP contribution in [0.1, 0.15) is 29.9 Å². The van der Waals surface area contributed by atoms with Gasteiger partial charge in [-0.1, -0.05) is 48.5 Å². The zero-order valence-corrected chi connectivity index (χ0v) is 16.5. The summed E-state index contributed by atoms with van der Waals surface area (Å²) < 4.78 is 5.44. The molecule has 28 heavy (non-hydrogen) atoms. The van der Waals surface area contributed by atoms with Crippen LogP contribution < -0.4 is 4.90 Å². The van der Waals surface area contributed by atoms with Gasteiger partial charge in [-0.15, -0.1) is 11.3 Å². The van der Waals surface area contributed by atoms with E-state index in [1.54, 1.807) is 17.2 Å². The lowest BCUT2D eigenvalue weighted by Gasteiger charge is -2.25. The number of nitrogens with zero attached hydrogens (tertiary/aromatic N) is 2. The molecule has 0 N–H and O–H groups in total. The number of aromatic nitrogens is 1. The lowest BCUT2D eigenvalue weighted by molar-refractivity contribution is -0.126. The van der Waals surface area contributed by atoms with Crippen molar-refractivity contribution in [2.24, 2.45) is 0 Å². The second-order valence-corrected chi connectivity index (χ2v) is 7.70. The van der Waals surface area contributed by atoms with Gasteiger partial charge in [0, 0.05) is 22.7 Å². The molecule has 0 fully saturated rings. The third-order valence-corrected chi connectivity index (χ3v) is 5.70. The van der Waals surface area contributed by atoms with Crippen molar-refractivity contribution in [1.82, 2.24) is 4.98 Å². The highest BCUT2D eigenvalue weighted by Gasteiger charge is 2.34. The van der Waals surface area contributed by atoms with Crippen LogP contribution in [0.4, 0.5) is 5.69 Å². The second-order valence-electron chi connectivity index (χ2n) is 6.84. The number of thiazole rings is 1. The van der Waals surface area contributed by atoms with Crippen molar-refractivity contribution in [1.29, 1.82) is 0 Å². The highest BCUT2D eigenvalue weighted by atomic mass is 32.1. The molecule has 142 valence electrons. The monoisotopic (exact) mass is 392 g/mol. The summed E-state index contributed by atoms with van der Waals surface area (Å²) in [6.07, 6.45) is -0.0854. The highest BCUT2D eigenvalue weighted by molar-refractivity contribution is 7.13. The van der Waals surface area contributed by atoms with Crippen LogP contribution in [0, 0.1) is 0 Å². The first-order chi connectivity index (χ1) is 13.5. The molecule has 0 aliphatic carbocycles. The molecule has 3 aromatic rings. The number of benzene rings is 2. The zero-order chi connectivity index (χ0) is 19.7. The average molecular weight is 392 g/mol. The first kappa shape index (κ1) is 18.4. The molecular formula is C22H20N2O3S. The highest BCUT2D eigenvalue weighted by Crippen LogP contribution is 2.32. The molecule has 0 radical (unpaired) electrons. The fourth-order valence-electron chi connectivity index (χ4n) is 3.45. The minimum atomic E-state index is -0.886. The smallest absolute Gasteiger partial charge is 0.358 e. The van der Waals surface area contributed by atoms with Gasteiger partial charge in [-0.25, -0.2) is 9.78 Å². The van der Waals surface area contributed by atoms with E-state index in [-0.39, 0.29) is 17.6 Å². The van der Waals surface area contributed by atoms with Gasteiger partial charge in [0.15, 0.2) is 11.8 Å². The Morgan fingerprint density at radius 2 is 1.86 bits per heavy atom. The second kappa shape index (κ2) is 7.56. The molecule has 2 heterocycles. The van der Waals surface area contributed by atoms with Crippen molar-refractivity contribution in [3.63, 3.8) is 0 Å². The van der Waals surface area contributed by atoms with E-state index >= 15 is 0 Å². The normalized spacial score (nSPS) is 16.5. The largest absolute Gasteiger partial charge is 0.448 e. The molecule has 2 atom stereocenters. The third kappa shape index (κ3) is 3.43. The Balaban J connectivity index is 1.47. The van der Waals surface area contributed by atoms with Crippen LogP contribution in [0.5, 0.6) is 0 Å². The topological polar surface area (TPSA) is 59.5 Å². The Labute approximate surface area is 167 Å². The summed E-state index contributed by atoms with van der Waals surface area (Å²) in [6, 6.07) is 17.5. The van der Waals surface area contributed by atoms with Crippen LogP contribution in [0.25, 0.3) is 10.6 Å². The molecular weight excluding hydrogens is 372 g/mol. The van der Waals surface area contributed by atoms with E-state index in [2.05, 4.69) is 4.98 Å². The molecule has 0 bridgehead atoms. The lowest BCUT2D eigenvalue weighted by atomic mass is 10.1. The molecule has 0 unspecified atom stereocenters. The van der Waals surface area contributed by atoms with Gasteiger partial charge < -0.3 is 9.64 Å². The number of amides is 1. The lowest BCUT2D eigenvalue weighted by Crippen LogP contribution is -2.43. The van der Waals surface area contributed by atoms with E-state index < -0.39 is 12.1 Å². The SMILES string of the molecule is C[C@H](OC(=O)c1csc(-c2ccccc2)n1)C(=O)N1c2ccccc2C[C@@H]1C. The summed E-state index contributed by atoms with van der Waals surface area (Å²) in [7, 11) is 0. The Morgan fingerprint density at radius 1 is 1.14 bits per heavy atom. The van der Waals surface area contributed by atoms with Crippen molar-refractivity contribution in [2.75, 3.05) is 4.90 Å². The van der Waals surface area contributed by atoms with E-state index in [1.807, 2.05) is 61.5 Å². The van der Waals surface area contributed by atoms with Crippen molar-refractivity contribution >= 4 is 28.9 Å². The van der Waals surface area contributed by atoms with Gasteiger partial charge in [-0.2, -0.15) is 0 Å². The van der Waals surface area contributed by atoms with E-state index in [4.69, 9.17) is 4.74 Å². The van der Waals surface area contributed by atoms with Crippen LogP contribution in [-0.2, 0) is 16.0 Å². The summed E-state index contributed by atoms with van der Waals surface area (Å²) in [5, 5.41) is 2.41. The Morgan fingerprint density at radius 3 is 2.64 bits per heavy atom. The molecule has 6 heteroatoms. The van der Waals surface area contributed by atoms with Gasteiger partial charge in [-0.3, -0.25) is 4.79 Å². The number of fused-ring (bicyclic) bond motifs is 1. The minimum absolute atomic E-state index is 0.0370. The molecule has 1 aromatic heterocycles. The van der Waals surface area contributed by atoms with Crippen LogP contribution >= 0.6 is 11.3 Å². The fraction of sp³-hybridized carbons (Fsp3) is 0.227. The number of rotatable bonds is 4. The number of carbonyl (C=O) groups is 2. The van der Waals surface area contributed by atoms with Crippen LogP contribution in [0.15, 0.2) is 60.0 Å². The Kier molecular flexibility index (Phi) is 4.96. The number of ether oxygens (including phenoxy) is 1. The summed E-state index contributed by atoms with van der Waals surface area (Å²) >= 11 is 1.38. The average Bonchev–Trinajstić information content (AvgIpc) is 3.32. The van der Waals surface area contributed by atoms with Crippen molar-refractivity contribution in [2.45, 2.75) is 32.4 Å². The van der Waals surface area contributed by atoms with E-state index in [9.17, 15) is 9.59 Å². The maximum absolute atomic E-state index is 12.9. The molecule has 1 aliphatic heterocycles. The molecule has 4 rings (SSSR count). The number of hydrogen-bond acceptors (Lipinski definition) is 5. The molecule has 5 nitrogen and oxygen atoms in total. The summed E-state index contributed by atoms with van der Waals surface area (Å²) in [4.78, 5) is 31.5. The van der Waals surface area contributed by atoms with Gasteiger partial charge in [-0.05, 0) is 31.9 Å². The Bertz CT molecular complexity index is 1020. The number of anilines is 1. The quantitative estimate of drug-likeness (QED) is 0.620. The van der Waals surface area contributed by atoms with Gasteiger partial charge in [0.05, 0.1) is 0 Å². The van der Waals surface area contributed by atoms with Crippen LogP contribution in [0.3, 0.4) is 0 Å². The van der Waals surface area contributed by atoms with Gasteiger partial charge in [0.2, 0.25) is 0 Å². The molecule has 1 aliphatic rings. The molecule has 0 saturated carbocycles. The number of para-hydroxylation sites is 1. The predicted molar refractivity (Wildman–Crippen MR) is 110 cm³/mol. The fourth-order valence-corrected chi connectivity index (χ4v) is 4.24. The van der Waals surface area contributed by atoms with Gasteiger partial charge in [0.25, 0.3) is 5.91 Å². The van der Waals surface area contributed by atoms with Crippen molar-refractivity contribution in [3.8, 4) is 10.6 Å². The minimum Gasteiger partial charge on any atom is -0.448 e. The van der Waals surface area contributed by atoms with E-state index in [1.165, 1.54) is 11.3 Å². The standard InChI is InChI=1S/C22H20N2O3S/c1-14-12-17-10-6-7-11-19(17)24(14)21(25)15(2)27-22(26)18-13-28-20(23-18)16-8-4-3-5-9-16/h3-11,13-15H,12H2,1-2H3/t14-,15-/m0/s1. The van der Waals surface area contributed by atoms with E-state index in [0.29, 0.717) is 0 Å². The summed E-state index contributed by atoms with van der Waals surface area (Å²) in [5.41, 5.74) is 3.19. The zero-order valence-electron chi connectivity index (χ0n) is 15.7. The van der Waals surface area contributed by atoms with Crippen LogP contribution in [0.2, 0.25) is 0 Å². The summed E-state index contributed by atoms with van der Waals surface area (Å²) in [5.74, 6) is -0.802. The molecule has 0 saturated heterocycles. The van der Waals surface area contributed by atoms with Gasteiger partial charge >= 0.3 is 5.97 Å². The predicted octanol–water partition coefficient (Wildman–Crippen LogP) is 4.33. The molecule has 0 spiro atoms. The number of hydrogen-bond donors (Lipinski definition) is 0. The van der Waals surface area contributed by atoms with Crippen LogP contribution in [-0.4, -0.2) is 29.0 Å². The van der Waals surface area contributed by atoms with Crippen molar-refractivity contribution in [3.05, 3.63) is 71.2 Å². The van der Waals surface area contributed by atoms with E-state index in [0.717, 1.165) is 28.2 Å². The third-order valence-electron chi connectivity index (χ3n) is 4.81.